The van der Waals surface area contributed by atoms with Crippen LogP contribution < -0.4 is 9.47 Å². The first-order valence-electron chi connectivity index (χ1n) is 3.97. The Morgan fingerprint density at radius 1 is 1.36 bits per heavy atom. The maximum atomic E-state index is 10.1. The molecule has 0 amide bonds. The molecular formula is C9H7NO4. The molecule has 0 atom stereocenters. The van der Waals surface area contributed by atoms with Crippen molar-refractivity contribution in [3.05, 3.63) is 40.1 Å². The summed E-state index contributed by atoms with van der Waals surface area (Å²) in [6.07, 6.45) is 2.29. The molecule has 1 heterocycles. The Morgan fingerprint density at radius 2 is 2.14 bits per heavy atom. The van der Waals surface area contributed by atoms with Gasteiger partial charge in [0.25, 0.3) is 0 Å². The van der Waals surface area contributed by atoms with Gasteiger partial charge in [0.05, 0.1) is 4.92 Å². The van der Waals surface area contributed by atoms with E-state index < -0.39 is 4.92 Å². The van der Waals surface area contributed by atoms with E-state index in [1.807, 2.05) is 0 Å². The second-order valence-corrected chi connectivity index (χ2v) is 2.71. The fraction of sp³-hybridized carbons (Fsp3) is 0.111. The fourth-order valence-corrected chi connectivity index (χ4v) is 1.16. The Hall–Kier alpha value is -2.04. The van der Waals surface area contributed by atoms with Crippen LogP contribution in [-0.2, 0) is 0 Å². The first-order valence-corrected chi connectivity index (χ1v) is 3.97. The van der Waals surface area contributed by atoms with E-state index in [2.05, 4.69) is 0 Å². The molecule has 0 aromatic heterocycles. The first kappa shape index (κ1) is 8.55. The third-order valence-corrected chi connectivity index (χ3v) is 1.79. The summed E-state index contributed by atoms with van der Waals surface area (Å²) in [6, 6.07) is 5.15. The normalized spacial score (nSPS) is 13.4. The molecule has 0 saturated heterocycles. The van der Waals surface area contributed by atoms with Crippen molar-refractivity contribution in [1.82, 2.24) is 0 Å². The smallest absolute Gasteiger partial charge is 0.235 e. The number of nitro groups is 1. The highest BCUT2D eigenvalue weighted by molar-refractivity contribution is 5.55. The predicted octanol–water partition coefficient (Wildman–Crippen LogP) is 1.66. The molecule has 1 aliphatic rings. The van der Waals surface area contributed by atoms with E-state index >= 15 is 0 Å². The number of nitrogens with zero attached hydrogens (tertiary/aromatic N) is 1. The second-order valence-electron chi connectivity index (χ2n) is 2.71. The van der Waals surface area contributed by atoms with Gasteiger partial charge >= 0.3 is 0 Å². The van der Waals surface area contributed by atoms with Gasteiger partial charge < -0.3 is 9.47 Å². The van der Waals surface area contributed by atoms with Gasteiger partial charge in [-0.25, -0.2) is 0 Å². The van der Waals surface area contributed by atoms with Gasteiger partial charge in [0.15, 0.2) is 11.5 Å². The Morgan fingerprint density at radius 3 is 2.93 bits per heavy atom. The van der Waals surface area contributed by atoms with Gasteiger partial charge in [-0.05, 0) is 17.7 Å². The predicted molar refractivity (Wildman–Crippen MR) is 48.6 cm³/mol. The standard InChI is InChI=1S/C9H7NO4/c11-10(12)4-3-7-1-2-8-9(5-7)14-6-13-8/h1-5H,6H2/b4-3+. The summed E-state index contributed by atoms with van der Waals surface area (Å²) in [5.41, 5.74) is 0.714. The van der Waals surface area contributed by atoms with E-state index in [4.69, 9.17) is 9.47 Å². The second kappa shape index (κ2) is 3.37. The highest BCUT2D eigenvalue weighted by Gasteiger charge is 2.12. The molecule has 72 valence electrons. The number of hydrogen-bond donors (Lipinski definition) is 0. The monoisotopic (exact) mass is 193 g/mol. The molecule has 1 aromatic carbocycles. The number of hydrogen-bond acceptors (Lipinski definition) is 4. The van der Waals surface area contributed by atoms with Crippen LogP contribution in [0.4, 0.5) is 0 Å². The van der Waals surface area contributed by atoms with Gasteiger partial charge in [-0.15, -0.1) is 0 Å². The molecule has 0 spiro atoms. The lowest BCUT2D eigenvalue weighted by Crippen LogP contribution is -1.92. The van der Waals surface area contributed by atoms with Crippen molar-refractivity contribution in [2.45, 2.75) is 0 Å². The van der Waals surface area contributed by atoms with Crippen molar-refractivity contribution in [3.8, 4) is 11.5 Å². The van der Waals surface area contributed by atoms with Crippen molar-refractivity contribution in [2.75, 3.05) is 6.79 Å². The number of rotatable bonds is 2. The van der Waals surface area contributed by atoms with E-state index in [0.717, 1.165) is 6.20 Å². The van der Waals surface area contributed by atoms with Crippen molar-refractivity contribution in [1.29, 1.82) is 0 Å². The Labute approximate surface area is 79.7 Å². The zero-order valence-corrected chi connectivity index (χ0v) is 7.17. The van der Waals surface area contributed by atoms with Gasteiger partial charge in [0, 0.05) is 6.08 Å². The summed E-state index contributed by atoms with van der Waals surface area (Å²) in [4.78, 5) is 9.56. The third kappa shape index (κ3) is 1.66. The number of fused-ring (bicyclic) bond motifs is 1. The van der Waals surface area contributed by atoms with Crippen LogP contribution >= 0.6 is 0 Å². The molecule has 0 fully saturated rings. The molecule has 0 radical (unpaired) electrons. The minimum atomic E-state index is -0.509. The summed E-state index contributed by atoms with van der Waals surface area (Å²) in [5.74, 6) is 1.29. The lowest BCUT2D eigenvalue weighted by Gasteiger charge is -1.95. The van der Waals surface area contributed by atoms with Gasteiger partial charge in [-0.1, -0.05) is 6.07 Å². The molecule has 1 aromatic rings. The molecule has 2 rings (SSSR count). The van der Waals surface area contributed by atoms with Crippen LogP contribution in [0.3, 0.4) is 0 Å². The quantitative estimate of drug-likeness (QED) is 0.529. The van der Waals surface area contributed by atoms with Crippen LogP contribution in [0.25, 0.3) is 6.08 Å². The number of ether oxygens (including phenoxy) is 2. The summed E-state index contributed by atoms with van der Waals surface area (Å²) in [7, 11) is 0. The fourth-order valence-electron chi connectivity index (χ4n) is 1.16. The molecule has 1 aliphatic heterocycles. The first-order chi connectivity index (χ1) is 6.75. The molecule has 0 bridgehead atoms. The Balaban J connectivity index is 2.25. The van der Waals surface area contributed by atoms with Crippen molar-refractivity contribution in [2.24, 2.45) is 0 Å². The average molecular weight is 193 g/mol. The maximum absolute atomic E-state index is 10.1. The van der Waals surface area contributed by atoms with Crippen molar-refractivity contribution in [3.63, 3.8) is 0 Å². The van der Waals surface area contributed by atoms with Crippen LogP contribution in [0.15, 0.2) is 24.4 Å². The van der Waals surface area contributed by atoms with Crippen LogP contribution in [0.1, 0.15) is 5.56 Å². The van der Waals surface area contributed by atoms with E-state index in [0.29, 0.717) is 17.1 Å². The highest BCUT2D eigenvalue weighted by Crippen LogP contribution is 2.32. The van der Waals surface area contributed by atoms with E-state index in [9.17, 15) is 10.1 Å². The average Bonchev–Trinajstić information content (AvgIpc) is 2.61. The van der Waals surface area contributed by atoms with Gasteiger partial charge in [-0.3, -0.25) is 10.1 Å². The topological polar surface area (TPSA) is 61.6 Å². The minimum Gasteiger partial charge on any atom is -0.454 e. The maximum Gasteiger partial charge on any atom is 0.235 e. The largest absolute Gasteiger partial charge is 0.454 e. The van der Waals surface area contributed by atoms with Crippen LogP contribution in [0.2, 0.25) is 0 Å². The molecule has 5 nitrogen and oxygen atoms in total. The molecular weight excluding hydrogens is 186 g/mol. The van der Waals surface area contributed by atoms with Crippen molar-refractivity contribution >= 4 is 6.08 Å². The van der Waals surface area contributed by atoms with Gasteiger partial charge in [0.1, 0.15) is 0 Å². The summed E-state index contributed by atoms with van der Waals surface area (Å²) >= 11 is 0. The van der Waals surface area contributed by atoms with Gasteiger partial charge in [0.2, 0.25) is 13.0 Å². The zero-order chi connectivity index (χ0) is 9.97. The Bertz CT molecular complexity index is 400. The molecule has 5 heteroatoms. The molecule has 0 unspecified atom stereocenters. The minimum absolute atomic E-state index is 0.206. The number of benzene rings is 1. The van der Waals surface area contributed by atoms with Gasteiger partial charge in [-0.2, -0.15) is 0 Å². The zero-order valence-electron chi connectivity index (χ0n) is 7.17. The van der Waals surface area contributed by atoms with E-state index in [-0.39, 0.29) is 6.79 Å². The van der Waals surface area contributed by atoms with Crippen LogP contribution in [0, 0.1) is 10.1 Å². The lowest BCUT2D eigenvalue weighted by atomic mass is 10.2. The van der Waals surface area contributed by atoms with E-state index in [1.54, 1.807) is 18.2 Å². The van der Waals surface area contributed by atoms with E-state index in [1.165, 1.54) is 6.08 Å². The van der Waals surface area contributed by atoms with Crippen LogP contribution in [0.5, 0.6) is 11.5 Å². The summed E-state index contributed by atoms with van der Waals surface area (Å²) in [6.45, 7) is 0.206. The summed E-state index contributed by atoms with van der Waals surface area (Å²) in [5, 5.41) is 10.1. The Kier molecular flexibility index (Phi) is 2.06. The molecule has 0 aliphatic carbocycles. The lowest BCUT2D eigenvalue weighted by molar-refractivity contribution is -0.400. The molecule has 14 heavy (non-hydrogen) atoms. The third-order valence-electron chi connectivity index (χ3n) is 1.79. The molecule has 0 N–H and O–H groups in total. The SMILES string of the molecule is O=[N+]([O-])/C=C/c1ccc2c(c1)OCO2. The summed E-state index contributed by atoms with van der Waals surface area (Å²) < 4.78 is 10.2. The molecule has 0 saturated carbocycles. The highest BCUT2D eigenvalue weighted by atomic mass is 16.7. The van der Waals surface area contributed by atoms with Crippen molar-refractivity contribution < 1.29 is 14.4 Å². The van der Waals surface area contributed by atoms with Crippen LogP contribution in [-0.4, -0.2) is 11.7 Å².